The minimum Gasteiger partial charge on any atom is -0.222 e. The number of benzene rings is 1. The van der Waals surface area contributed by atoms with E-state index in [9.17, 15) is 13.2 Å². The van der Waals surface area contributed by atoms with Crippen LogP contribution in [0.25, 0.3) is 10.6 Å². The fourth-order valence-corrected chi connectivity index (χ4v) is 3.77. The van der Waals surface area contributed by atoms with Gasteiger partial charge in [0.1, 0.15) is 5.69 Å². The van der Waals surface area contributed by atoms with Crippen molar-refractivity contribution in [3.8, 4) is 10.6 Å². The van der Waals surface area contributed by atoms with Gasteiger partial charge in [-0.15, -0.1) is 11.3 Å². The van der Waals surface area contributed by atoms with Crippen molar-refractivity contribution in [1.29, 1.82) is 0 Å². The minimum absolute atomic E-state index is 0.0770. The molecule has 0 aliphatic carbocycles. The zero-order valence-corrected chi connectivity index (χ0v) is 14.4. The van der Waals surface area contributed by atoms with Gasteiger partial charge in [-0.1, -0.05) is 47.6 Å². The Bertz CT molecular complexity index is 836. The topological polar surface area (TPSA) is 25.8 Å². The van der Waals surface area contributed by atoms with Gasteiger partial charge >= 0.3 is 6.18 Å². The zero-order chi connectivity index (χ0) is 17.2. The highest BCUT2D eigenvalue weighted by Gasteiger charge is 2.34. The van der Waals surface area contributed by atoms with Crippen molar-refractivity contribution in [3.05, 3.63) is 64.1 Å². The molecule has 24 heavy (non-hydrogen) atoms. The first-order valence-electron chi connectivity index (χ1n) is 6.80. The molecule has 3 rings (SSSR count). The summed E-state index contributed by atoms with van der Waals surface area (Å²) in [6.45, 7) is 0. The second-order valence-electron chi connectivity index (χ2n) is 4.78. The molecule has 0 saturated heterocycles. The highest BCUT2D eigenvalue weighted by atomic mass is 35.5. The van der Waals surface area contributed by atoms with E-state index in [1.165, 1.54) is 11.3 Å². The number of hydrogen-bond donors (Lipinski definition) is 0. The van der Waals surface area contributed by atoms with Crippen LogP contribution in [0, 0.1) is 0 Å². The van der Waals surface area contributed by atoms with Crippen molar-refractivity contribution in [3.63, 3.8) is 0 Å². The molecule has 0 aliphatic rings. The van der Waals surface area contributed by atoms with Crippen molar-refractivity contribution in [2.45, 2.75) is 17.1 Å². The molecule has 1 aromatic carbocycles. The van der Waals surface area contributed by atoms with Gasteiger partial charge in [-0.25, -0.2) is 9.97 Å². The molecule has 0 amide bonds. The molecule has 0 N–H and O–H groups in total. The number of rotatable bonds is 4. The third-order valence-electron chi connectivity index (χ3n) is 3.08. The van der Waals surface area contributed by atoms with E-state index < -0.39 is 11.9 Å². The van der Waals surface area contributed by atoms with Crippen LogP contribution >= 0.6 is 34.7 Å². The van der Waals surface area contributed by atoms with E-state index in [1.807, 2.05) is 12.1 Å². The molecule has 3 aromatic rings. The van der Waals surface area contributed by atoms with Crippen LogP contribution in [0.5, 0.6) is 0 Å². The normalized spacial score (nSPS) is 11.7. The highest BCUT2D eigenvalue weighted by Crippen LogP contribution is 2.34. The summed E-state index contributed by atoms with van der Waals surface area (Å²) in [4.78, 5) is 8.57. The number of thioether (sulfide) groups is 1. The van der Waals surface area contributed by atoms with Crippen LogP contribution in [0.3, 0.4) is 0 Å². The SMILES string of the molecule is FC(F)(F)c1cc(-c2cccs2)nc(SCc2ccccc2Cl)n1. The van der Waals surface area contributed by atoms with Gasteiger partial charge in [-0.3, -0.25) is 0 Å². The molecule has 0 bridgehead atoms. The number of hydrogen-bond acceptors (Lipinski definition) is 4. The predicted molar refractivity (Wildman–Crippen MR) is 91.4 cm³/mol. The molecule has 0 unspecified atom stereocenters. The maximum Gasteiger partial charge on any atom is 0.433 e. The van der Waals surface area contributed by atoms with E-state index in [0.717, 1.165) is 23.4 Å². The average molecular weight is 387 g/mol. The van der Waals surface area contributed by atoms with Crippen LogP contribution < -0.4 is 0 Å². The quantitative estimate of drug-likeness (QED) is 0.396. The summed E-state index contributed by atoms with van der Waals surface area (Å²) in [6.07, 6.45) is -4.52. The van der Waals surface area contributed by atoms with E-state index in [-0.39, 0.29) is 10.9 Å². The Morgan fingerprint density at radius 3 is 2.54 bits per heavy atom. The van der Waals surface area contributed by atoms with E-state index >= 15 is 0 Å². The lowest BCUT2D eigenvalue weighted by molar-refractivity contribution is -0.141. The Kier molecular flexibility index (Phi) is 5.12. The average Bonchev–Trinajstić information content (AvgIpc) is 3.07. The molecular weight excluding hydrogens is 377 g/mol. The molecule has 8 heteroatoms. The smallest absolute Gasteiger partial charge is 0.222 e. The highest BCUT2D eigenvalue weighted by molar-refractivity contribution is 7.98. The summed E-state index contributed by atoms with van der Waals surface area (Å²) < 4.78 is 39.3. The molecule has 2 nitrogen and oxygen atoms in total. The van der Waals surface area contributed by atoms with Gasteiger partial charge in [0.05, 0.1) is 10.6 Å². The van der Waals surface area contributed by atoms with E-state index in [4.69, 9.17) is 11.6 Å². The fraction of sp³-hybridized carbons (Fsp3) is 0.125. The van der Waals surface area contributed by atoms with Gasteiger partial charge in [0.15, 0.2) is 5.16 Å². The van der Waals surface area contributed by atoms with E-state index in [1.54, 1.807) is 29.6 Å². The van der Waals surface area contributed by atoms with Gasteiger partial charge in [0.25, 0.3) is 0 Å². The zero-order valence-electron chi connectivity index (χ0n) is 12.0. The Morgan fingerprint density at radius 1 is 1.08 bits per heavy atom. The van der Waals surface area contributed by atoms with Crippen LogP contribution in [-0.2, 0) is 11.9 Å². The van der Waals surface area contributed by atoms with Crippen molar-refractivity contribution >= 4 is 34.7 Å². The Morgan fingerprint density at radius 2 is 1.88 bits per heavy atom. The van der Waals surface area contributed by atoms with Crippen LogP contribution in [-0.4, -0.2) is 9.97 Å². The lowest BCUT2D eigenvalue weighted by Crippen LogP contribution is -2.10. The maximum atomic E-state index is 13.1. The standard InChI is InChI=1S/C16H10ClF3N2S2/c17-11-5-2-1-4-10(11)9-24-15-21-12(13-6-3-7-23-13)8-14(22-15)16(18,19)20/h1-8H,9H2. The van der Waals surface area contributed by atoms with Crippen LogP contribution in [0.4, 0.5) is 13.2 Å². The predicted octanol–water partition coefficient (Wildman–Crippen LogP) is 6.17. The lowest BCUT2D eigenvalue weighted by Gasteiger charge is -2.10. The van der Waals surface area contributed by atoms with Crippen molar-refractivity contribution < 1.29 is 13.2 Å². The molecule has 2 aromatic heterocycles. The summed E-state index contributed by atoms with van der Waals surface area (Å²) in [5.74, 6) is 0.394. The molecule has 0 aliphatic heterocycles. The van der Waals surface area contributed by atoms with Gasteiger partial charge < -0.3 is 0 Å². The van der Waals surface area contributed by atoms with Gasteiger partial charge in [-0.2, -0.15) is 13.2 Å². The summed E-state index contributed by atoms with van der Waals surface area (Å²) >= 11 is 8.53. The lowest BCUT2D eigenvalue weighted by atomic mass is 10.2. The third kappa shape index (κ3) is 4.09. The Hall–Kier alpha value is -1.57. The molecular formula is C16H10ClF3N2S2. The summed E-state index contributed by atoms with van der Waals surface area (Å²) in [6, 6.07) is 11.7. The number of nitrogens with zero attached hydrogens (tertiary/aromatic N) is 2. The number of aromatic nitrogens is 2. The second kappa shape index (κ2) is 7.13. The van der Waals surface area contributed by atoms with Crippen LogP contribution in [0.1, 0.15) is 11.3 Å². The van der Waals surface area contributed by atoms with Crippen molar-refractivity contribution in [2.24, 2.45) is 0 Å². The molecule has 124 valence electrons. The Balaban J connectivity index is 1.92. The van der Waals surface area contributed by atoms with Gasteiger partial charge in [0, 0.05) is 10.8 Å². The summed E-state index contributed by atoms with van der Waals surface area (Å²) in [5, 5.41) is 2.44. The number of alkyl halides is 3. The monoisotopic (exact) mass is 386 g/mol. The first-order chi connectivity index (χ1) is 11.4. The van der Waals surface area contributed by atoms with Crippen molar-refractivity contribution in [1.82, 2.24) is 9.97 Å². The first kappa shape index (κ1) is 17.3. The van der Waals surface area contributed by atoms with E-state index in [2.05, 4.69) is 9.97 Å². The largest absolute Gasteiger partial charge is 0.433 e. The minimum atomic E-state index is -4.52. The van der Waals surface area contributed by atoms with Gasteiger partial charge in [-0.05, 0) is 29.1 Å². The second-order valence-corrected chi connectivity index (χ2v) is 7.07. The van der Waals surface area contributed by atoms with Crippen LogP contribution in [0.15, 0.2) is 53.0 Å². The fourth-order valence-electron chi connectivity index (χ4n) is 1.94. The number of halogens is 4. The van der Waals surface area contributed by atoms with Crippen molar-refractivity contribution in [2.75, 3.05) is 0 Å². The van der Waals surface area contributed by atoms with Gasteiger partial charge in [0.2, 0.25) is 0 Å². The first-order valence-corrected chi connectivity index (χ1v) is 9.04. The molecule has 2 heterocycles. The Labute approximate surface area is 149 Å². The molecule has 0 atom stereocenters. The molecule has 0 radical (unpaired) electrons. The van der Waals surface area contributed by atoms with E-state index in [0.29, 0.717) is 15.7 Å². The molecule has 0 spiro atoms. The summed E-state index contributed by atoms with van der Waals surface area (Å²) in [5.41, 5.74) is 0.152. The molecule has 0 fully saturated rings. The third-order valence-corrected chi connectivity index (χ3v) is 5.24. The maximum absolute atomic E-state index is 13.1. The van der Waals surface area contributed by atoms with Crippen LogP contribution in [0.2, 0.25) is 5.02 Å². The summed E-state index contributed by atoms with van der Waals surface area (Å²) in [7, 11) is 0. The number of thiophene rings is 1. The molecule has 0 saturated carbocycles.